The van der Waals surface area contributed by atoms with E-state index in [1.54, 1.807) is 58.3 Å². The van der Waals surface area contributed by atoms with E-state index in [-0.39, 0.29) is 30.0 Å². The number of anilines is 2. The first kappa shape index (κ1) is 52.6. The summed E-state index contributed by atoms with van der Waals surface area (Å²) in [7, 11) is 0. The van der Waals surface area contributed by atoms with E-state index in [2.05, 4.69) is 25.8 Å². The summed E-state index contributed by atoms with van der Waals surface area (Å²) >= 11 is 24.7. The van der Waals surface area contributed by atoms with Crippen molar-refractivity contribution in [2.45, 2.75) is 37.6 Å². The van der Waals surface area contributed by atoms with E-state index in [1.165, 1.54) is 6.21 Å². The van der Waals surface area contributed by atoms with Gasteiger partial charge in [0.15, 0.2) is 11.6 Å². The van der Waals surface area contributed by atoms with Crippen molar-refractivity contribution in [3.8, 4) is 17.2 Å². The molecule has 17 nitrogen and oxygen atoms in total. The van der Waals surface area contributed by atoms with Crippen molar-refractivity contribution in [1.29, 1.82) is 0 Å². The van der Waals surface area contributed by atoms with Crippen LogP contribution in [0.5, 0.6) is 17.2 Å². The first-order chi connectivity index (χ1) is 34.7. The monoisotopic (exact) mass is 1060 g/mol. The maximum atomic E-state index is 12.5. The molecule has 0 aliphatic carbocycles. The maximum Gasteiger partial charge on any atom is 0.337 e. The van der Waals surface area contributed by atoms with Gasteiger partial charge in [0, 0.05) is 84.9 Å². The Hall–Kier alpha value is -5.73. The van der Waals surface area contributed by atoms with Crippen LogP contribution < -0.4 is 36.0 Å². The molecule has 2 unspecified atom stereocenters. The van der Waals surface area contributed by atoms with Gasteiger partial charge in [0.05, 0.1) is 29.5 Å². The smallest absolute Gasteiger partial charge is 0.337 e. The van der Waals surface area contributed by atoms with Crippen molar-refractivity contribution < 1.29 is 43.1 Å². The van der Waals surface area contributed by atoms with Gasteiger partial charge in [0.25, 0.3) is 0 Å². The van der Waals surface area contributed by atoms with Gasteiger partial charge in [-0.15, -0.1) is 0 Å². The Bertz CT molecular complexity index is 2680. The minimum Gasteiger partial charge on any atom is -0.508 e. The van der Waals surface area contributed by atoms with Gasteiger partial charge >= 0.3 is 12.1 Å². The Kier molecular flexibility index (Phi) is 17.4. The fourth-order valence-corrected chi connectivity index (χ4v) is 9.75. The quantitative estimate of drug-likeness (QED) is 0.0405. The Balaban J connectivity index is 0.000000197. The van der Waals surface area contributed by atoms with E-state index >= 15 is 0 Å². The first-order valence-corrected chi connectivity index (χ1v) is 24.8. The number of hydrazine groups is 1. The molecular weight excluding hydrogens is 1010 g/mol. The van der Waals surface area contributed by atoms with Crippen LogP contribution >= 0.6 is 46.4 Å². The van der Waals surface area contributed by atoms with Gasteiger partial charge in [-0.2, -0.15) is 5.10 Å². The summed E-state index contributed by atoms with van der Waals surface area (Å²) in [6.45, 7) is 10.4. The number of hydrogen-bond acceptors (Lipinski definition) is 13. The SMILES string of the molecule is C[C@]1(c2ccc(Cl)cc2Cl)OCC(COc2ccc(N3CCN(C(=O)N/N=C/c4cccc(O)c4)CC3)cc2)O1.C[C@]1(c2ccc(Cl)cc2Cl)OCC(COc2ccc(N3CCN(C(=O)NN)CC3)cc2)O1. The zero-order valence-corrected chi connectivity index (χ0v) is 42.7. The lowest BCUT2D eigenvalue weighted by Crippen LogP contribution is -2.53. The molecule has 4 heterocycles. The molecule has 5 aromatic rings. The Morgan fingerprint density at radius 1 is 0.667 bits per heavy atom. The molecule has 9 rings (SSSR count). The van der Waals surface area contributed by atoms with E-state index in [0.717, 1.165) is 47.1 Å². The van der Waals surface area contributed by atoms with Gasteiger partial charge in [-0.1, -0.05) is 70.7 Å². The van der Waals surface area contributed by atoms with E-state index in [9.17, 15) is 14.7 Å². The van der Waals surface area contributed by atoms with Crippen LogP contribution in [0.3, 0.4) is 0 Å². The number of aromatic hydroxyl groups is 1. The van der Waals surface area contributed by atoms with E-state index in [1.807, 2.05) is 74.5 Å². The van der Waals surface area contributed by atoms with E-state index in [4.69, 9.17) is 80.7 Å². The van der Waals surface area contributed by atoms with Crippen molar-refractivity contribution in [3.63, 3.8) is 0 Å². The van der Waals surface area contributed by atoms with Crippen molar-refractivity contribution >= 4 is 76.1 Å². The number of urea groups is 2. The zero-order valence-electron chi connectivity index (χ0n) is 39.6. The van der Waals surface area contributed by atoms with Crippen LogP contribution in [0, 0.1) is 0 Å². The topological polar surface area (TPSA) is 185 Å². The van der Waals surface area contributed by atoms with Crippen LogP contribution in [0.25, 0.3) is 0 Å². The number of phenolic OH excluding ortho intramolecular Hbond substituents is 1. The number of nitrogens with zero attached hydrogens (tertiary/aromatic N) is 5. The lowest BCUT2D eigenvalue weighted by molar-refractivity contribution is -0.164. The van der Waals surface area contributed by atoms with E-state index < -0.39 is 11.6 Å². The summed E-state index contributed by atoms with van der Waals surface area (Å²) < 4.78 is 36.0. The molecule has 0 saturated carbocycles. The second-order valence-corrected chi connectivity index (χ2v) is 19.2. The van der Waals surface area contributed by atoms with Crippen LogP contribution in [0.4, 0.5) is 21.0 Å². The molecule has 5 N–H and O–H groups in total. The highest BCUT2D eigenvalue weighted by molar-refractivity contribution is 6.35. The molecule has 4 fully saturated rings. The van der Waals surface area contributed by atoms with Gasteiger partial charge < -0.3 is 53.1 Å². The molecule has 0 radical (unpaired) electrons. The number of amides is 4. The fraction of sp³-hybridized carbons (Fsp3) is 0.353. The normalized spacial score (nSPS) is 22.1. The molecule has 4 saturated heterocycles. The van der Waals surface area contributed by atoms with Crippen molar-refractivity contribution in [3.05, 3.63) is 146 Å². The molecule has 0 aromatic heterocycles. The second kappa shape index (κ2) is 23.9. The molecular formula is C51H56Cl4N8O9. The van der Waals surface area contributed by atoms with Crippen LogP contribution in [0.15, 0.2) is 114 Å². The van der Waals surface area contributed by atoms with Gasteiger partial charge in [0.2, 0.25) is 0 Å². The molecule has 4 aliphatic rings. The summed E-state index contributed by atoms with van der Waals surface area (Å²) in [5, 5.41) is 15.6. The predicted molar refractivity (Wildman–Crippen MR) is 278 cm³/mol. The summed E-state index contributed by atoms with van der Waals surface area (Å²) in [6.07, 6.45) is 1.02. The Morgan fingerprint density at radius 2 is 1.12 bits per heavy atom. The number of benzene rings is 5. The summed E-state index contributed by atoms with van der Waals surface area (Å²) in [6, 6.07) is 32.4. The van der Waals surface area contributed by atoms with E-state index in [0.29, 0.717) is 91.4 Å². The van der Waals surface area contributed by atoms with Crippen LogP contribution in [-0.2, 0) is 30.5 Å². The lowest BCUT2D eigenvalue weighted by atomic mass is 10.1. The molecule has 21 heteroatoms. The number of phenols is 1. The molecule has 0 bridgehead atoms. The molecule has 0 spiro atoms. The number of carbonyl (C=O) groups is 2. The average molecular weight is 1070 g/mol. The average Bonchev–Trinajstić information content (AvgIpc) is 3.97. The number of piperazine rings is 2. The van der Waals surface area contributed by atoms with Crippen LogP contribution in [-0.4, -0.2) is 124 Å². The molecule has 4 atom stereocenters. The Morgan fingerprint density at radius 3 is 1.56 bits per heavy atom. The second-order valence-electron chi connectivity index (χ2n) is 17.5. The summed E-state index contributed by atoms with van der Waals surface area (Å²) in [4.78, 5) is 31.9. The van der Waals surface area contributed by atoms with Gasteiger partial charge in [-0.25, -0.2) is 20.9 Å². The largest absolute Gasteiger partial charge is 0.508 e. The third-order valence-electron chi connectivity index (χ3n) is 12.5. The minimum atomic E-state index is -0.961. The minimum absolute atomic E-state index is 0.145. The number of hydrazone groups is 1. The molecule has 382 valence electrons. The van der Waals surface area contributed by atoms with Gasteiger partial charge in [0.1, 0.15) is 42.7 Å². The maximum absolute atomic E-state index is 12.5. The third-order valence-corrected chi connectivity index (χ3v) is 13.6. The van der Waals surface area contributed by atoms with Gasteiger partial charge in [-0.05, 0) is 104 Å². The highest BCUT2D eigenvalue weighted by Crippen LogP contribution is 2.40. The number of ether oxygens (including phenoxy) is 6. The van der Waals surface area contributed by atoms with Crippen LogP contribution in [0.1, 0.15) is 30.5 Å². The molecule has 4 aliphatic heterocycles. The number of halogens is 4. The number of carbonyl (C=O) groups excluding carboxylic acids is 2. The number of rotatable bonds is 12. The number of hydrogen-bond donors (Lipinski definition) is 4. The highest BCUT2D eigenvalue weighted by Gasteiger charge is 2.42. The predicted octanol–water partition coefficient (Wildman–Crippen LogP) is 8.60. The van der Waals surface area contributed by atoms with Crippen molar-refractivity contribution in [1.82, 2.24) is 20.7 Å². The van der Waals surface area contributed by atoms with Crippen molar-refractivity contribution in [2.75, 3.05) is 88.6 Å². The van der Waals surface area contributed by atoms with Gasteiger partial charge in [-0.3, -0.25) is 5.43 Å². The fourth-order valence-electron chi connectivity index (χ4n) is 8.59. The first-order valence-electron chi connectivity index (χ1n) is 23.3. The standard InChI is InChI=1S/C29H30Cl2N4O5.C22H26Cl2N4O4/c1-29(26-10-5-21(30)16-27(26)31)39-19-25(40-29)18-38-24-8-6-22(7-9-24)34-11-13-35(14-12-34)28(37)33-32-17-20-3-2-4-23(36)15-20;1-22(19-7-2-15(23)12-20(19)24)31-14-18(32-22)13-30-17-5-3-16(4-6-17)27-8-10-28(11-9-27)21(29)26-25/h2-10,15-17,25,36H,11-14,18-19H2,1H3,(H,33,37);2-7,12,18H,8-11,13-14,25H2,1H3,(H,26,29)/b32-17+;/t25?,29-;18?,22-/m00/s1. The van der Waals surface area contributed by atoms with Crippen LogP contribution in [0.2, 0.25) is 20.1 Å². The number of nitrogens with one attached hydrogen (secondary N) is 2. The zero-order chi connectivity index (χ0) is 50.8. The molecule has 72 heavy (non-hydrogen) atoms. The molecule has 5 aromatic carbocycles. The summed E-state index contributed by atoms with van der Waals surface area (Å²) in [5.41, 5.74) is 9.01. The lowest BCUT2D eigenvalue weighted by Gasteiger charge is -2.35. The third kappa shape index (κ3) is 13.5. The highest BCUT2D eigenvalue weighted by atomic mass is 35.5. The number of nitrogens with two attached hydrogens (primary N) is 1. The van der Waals surface area contributed by atoms with Crippen molar-refractivity contribution in [2.24, 2.45) is 10.9 Å². The summed E-state index contributed by atoms with van der Waals surface area (Å²) in [5.74, 6) is 4.92. The Labute approximate surface area is 438 Å². The molecule has 4 amide bonds.